The zero-order chi connectivity index (χ0) is 14.9. The SMILES string of the molecule is Cc1[nH]nc(C(=O)NC(c2nccn2C)C(C)C)c1Cl. The van der Waals surface area contributed by atoms with Crippen molar-refractivity contribution in [1.29, 1.82) is 0 Å². The van der Waals surface area contributed by atoms with E-state index in [0.717, 1.165) is 5.82 Å². The van der Waals surface area contributed by atoms with Gasteiger partial charge in [0.1, 0.15) is 5.82 Å². The van der Waals surface area contributed by atoms with Gasteiger partial charge in [0, 0.05) is 19.4 Å². The van der Waals surface area contributed by atoms with E-state index in [1.807, 2.05) is 31.7 Å². The zero-order valence-electron chi connectivity index (χ0n) is 11.9. The molecule has 0 bridgehead atoms. The first kappa shape index (κ1) is 14.6. The fourth-order valence-electron chi connectivity index (χ4n) is 1.98. The molecule has 1 atom stereocenters. The Balaban J connectivity index is 2.24. The summed E-state index contributed by atoms with van der Waals surface area (Å²) in [5.74, 6) is 0.691. The van der Waals surface area contributed by atoms with Gasteiger partial charge in [0.25, 0.3) is 5.91 Å². The summed E-state index contributed by atoms with van der Waals surface area (Å²) < 4.78 is 1.89. The van der Waals surface area contributed by atoms with Gasteiger partial charge in [0.2, 0.25) is 0 Å². The van der Waals surface area contributed by atoms with Gasteiger partial charge < -0.3 is 9.88 Å². The van der Waals surface area contributed by atoms with Crippen LogP contribution < -0.4 is 5.32 Å². The van der Waals surface area contributed by atoms with Gasteiger partial charge >= 0.3 is 0 Å². The largest absolute Gasteiger partial charge is 0.340 e. The third-order valence-corrected chi connectivity index (χ3v) is 3.64. The number of aromatic amines is 1. The maximum atomic E-state index is 12.3. The summed E-state index contributed by atoms with van der Waals surface area (Å²) in [4.78, 5) is 16.6. The number of amides is 1. The molecular weight excluding hydrogens is 278 g/mol. The second-order valence-electron chi connectivity index (χ2n) is 5.10. The van der Waals surface area contributed by atoms with Crippen LogP contribution in [0.3, 0.4) is 0 Å². The molecule has 0 saturated carbocycles. The molecule has 0 saturated heterocycles. The molecule has 108 valence electrons. The molecule has 20 heavy (non-hydrogen) atoms. The molecule has 2 aromatic rings. The van der Waals surface area contributed by atoms with Gasteiger partial charge in [-0.15, -0.1) is 0 Å². The lowest BCUT2D eigenvalue weighted by Crippen LogP contribution is -2.33. The van der Waals surface area contributed by atoms with Gasteiger partial charge in [-0.3, -0.25) is 9.89 Å². The molecule has 0 aliphatic carbocycles. The summed E-state index contributed by atoms with van der Waals surface area (Å²) in [5, 5.41) is 9.93. The number of imidazole rings is 1. The average Bonchev–Trinajstić information content (AvgIpc) is 2.94. The molecule has 0 spiro atoms. The summed E-state index contributed by atoms with van der Waals surface area (Å²) in [6.07, 6.45) is 3.56. The molecule has 2 N–H and O–H groups in total. The highest BCUT2D eigenvalue weighted by Crippen LogP contribution is 2.22. The zero-order valence-corrected chi connectivity index (χ0v) is 12.7. The molecule has 1 unspecified atom stereocenters. The Morgan fingerprint density at radius 3 is 2.65 bits per heavy atom. The lowest BCUT2D eigenvalue weighted by atomic mass is 10.0. The predicted octanol–water partition coefficient (Wildman–Crippen LogP) is 2.23. The standard InChI is InChI=1S/C13H18ClN5O/c1-7(2)10(12-15-5-6-19(12)4)16-13(20)11-9(14)8(3)17-18-11/h5-7,10H,1-4H3,(H,16,20)(H,17,18). The minimum atomic E-state index is -0.305. The minimum absolute atomic E-state index is 0.193. The van der Waals surface area contributed by atoms with Gasteiger partial charge in [-0.05, 0) is 12.8 Å². The van der Waals surface area contributed by atoms with Gasteiger partial charge in [-0.1, -0.05) is 25.4 Å². The number of carbonyl (C=O) groups is 1. The number of rotatable bonds is 4. The number of aryl methyl sites for hydroxylation is 2. The van der Waals surface area contributed by atoms with Crippen molar-refractivity contribution in [3.63, 3.8) is 0 Å². The Bertz CT molecular complexity index is 616. The fraction of sp³-hybridized carbons (Fsp3) is 0.462. The number of carbonyl (C=O) groups excluding carboxylic acids is 1. The Hall–Kier alpha value is -1.82. The van der Waals surface area contributed by atoms with Crippen molar-refractivity contribution in [3.8, 4) is 0 Å². The Labute approximate surface area is 122 Å². The molecule has 0 fully saturated rings. The number of halogens is 1. The second-order valence-corrected chi connectivity index (χ2v) is 5.48. The fourth-order valence-corrected chi connectivity index (χ4v) is 2.15. The first-order chi connectivity index (χ1) is 9.41. The monoisotopic (exact) mass is 295 g/mol. The van der Waals surface area contributed by atoms with Crippen LogP contribution in [0.4, 0.5) is 0 Å². The van der Waals surface area contributed by atoms with Crippen LogP contribution in [-0.2, 0) is 7.05 Å². The van der Waals surface area contributed by atoms with E-state index >= 15 is 0 Å². The molecule has 2 heterocycles. The second kappa shape index (κ2) is 5.66. The van der Waals surface area contributed by atoms with Gasteiger partial charge in [0.15, 0.2) is 5.69 Å². The molecule has 1 amide bonds. The number of hydrogen-bond acceptors (Lipinski definition) is 3. The van der Waals surface area contributed by atoms with Crippen LogP contribution in [0.15, 0.2) is 12.4 Å². The van der Waals surface area contributed by atoms with E-state index in [0.29, 0.717) is 10.7 Å². The van der Waals surface area contributed by atoms with Crippen LogP contribution in [0.25, 0.3) is 0 Å². The number of aromatic nitrogens is 4. The van der Waals surface area contributed by atoms with Crippen LogP contribution in [-0.4, -0.2) is 25.7 Å². The maximum Gasteiger partial charge on any atom is 0.273 e. The molecule has 2 aromatic heterocycles. The summed E-state index contributed by atoms with van der Waals surface area (Å²) in [6.45, 7) is 5.82. The third kappa shape index (κ3) is 2.70. The van der Waals surface area contributed by atoms with Crippen LogP contribution >= 0.6 is 11.6 Å². The van der Waals surface area contributed by atoms with E-state index < -0.39 is 0 Å². The Morgan fingerprint density at radius 2 is 2.20 bits per heavy atom. The molecule has 2 rings (SSSR count). The molecular formula is C13H18ClN5O. The molecule has 0 radical (unpaired) electrons. The van der Waals surface area contributed by atoms with Crippen molar-refractivity contribution in [2.75, 3.05) is 0 Å². The average molecular weight is 296 g/mol. The molecule has 0 aromatic carbocycles. The van der Waals surface area contributed by atoms with Crippen LogP contribution in [0, 0.1) is 12.8 Å². The number of H-pyrrole nitrogens is 1. The van der Waals surface area contributed by atoms with E-state index in [1.54, 1.807) is 13.1 Å². The minimum Gasteiger partial charge on any atom is -0.340 e. The van der Waals surface area contributed by atoms with Gasteiger partial charge in [0.05, 0.1) is 16.8 Å². The first-order valence-electron chi connectivity index (χ1n) is 6.40. The summed E-state index contributed by atoms with van der Waals surface area (Å²) in [5.41, 5.74) is 0.888. The van der Waals surface area contributed by atoms with E-state index in [1.165, 1.54) is 0 Å². The predicted molar refractivity (Wildman–Crippen MR) is 76.6 cm³/mol. The van der Waals surface area contributed by atoms with E-state index in [-0.39, 0.29) is 23.6 Å². The van der Waals surface area contributed by atoms with Crippen molar-refractivity contribution in [3.05, 3.63) is 34.6 Å². The number of hydrogen-bond donors (Lipinski definition) is 2. The Kier molecular flexibility index (Phi) is 4.13. The van der Waals surface area contributed by atoms with Crippen molar-refractivity contribution in [1.82, 2.24) is 25.1 Å². The summed E-state index contributed by atoms with van der Waals surface area (Å²) in [6, 6.07) is -0.199. The molecule has 6 nitrogen and oxygen atoms in total. The Morgan fingerprint density at radius 1 is 1.50 bits per heavy atom. The topological polar surface area (TPSA) is 75.6 Å². The lowest BCUT2D eigenvalue weighted by Gasteiger charge is -2.21. The normalized spacial score (nSPS) is 12.7. The third-order valence-electron chi connectivity index (χ3n) is 3.18. The van der Waals surface area contributed by atoms with Crippen molar-refractivity contribution in [2.45, 2.75) is 26.8 Å². The van der Waals surface area contributed by atoms with Crippen molar-refractivity contribution in [2.24, 2.45) is 13.0 Å². The van der Waals surface area contributed by atoms with Crippen molar-refractivity contribution < 1.29 is 4.79 Å². The van der Waals surface area contributed by atoms with Crippen LogP contribution in [0.5, 0.6) is 0 Å². The molecule has 0 aliphatic rings. The smallest absolute Gasteiger partial charge is 0.273 e. The van der Waals surface area contributed by atoms with E-state index in [9.17, 15) is 4.79 Å². The van der Waals surface area contributed by atoms with Gasteiger partial charge in [-0.2, -0.15) is 5.10 Å². The maximum absolute atomic E-state index is 12.3. The van der Waals surface area contributed by atoms with Crippen molar-refractivity contribution >= 4 is 17.5 Å². The van der Waals surface area contributed by atoms with Crippen LogP contribution in [0.2, 0.25) is 5.02 Å². The van der Waals surface area contributed by atoms with E-state index in [2.05, 4.69) is 20.5 Å². The quantitative estimate of drug-likeness (QED) is 0.908. The lowest BCUT2D eigenvalue weighted by molar-refractivity contribution is 0.0917. The van der Waals surface area contributed by atoms with Crippen LogP contribution in [0.1, 0.15) is 41.9 Å². The summed E-state index contributed by atoms with van der Waals surface area (Å²) >= 11 is 6.05. The highest BCUT2D eigenvalue weighted by molar-refractivity contribution is 6.34. The number of nitrogens with zero attached hydrogens (tertiary/aromatic N) is 3. The molecule has 0 aliphatic heterocycles. The highest BCUT2D eigenvalue weighted by atomic mass is 35.5. The summed E-state index contributed by atoms with van der Waals surface area (Å²) in [7, 11) is 1.90. The van der Waals surface area contributed by atoms with E-state index in [4.69, 9.17) is 11.6 Å². The number of nitrogens with one attached hydrogen (secondary N) is 2. The van der Waals surface area contributed by atoms with Gasteiger partial charge in [-0.25, -0.2) is 4.98 Å². The molecule has 7 heteroatoms. The highest BCUT2D eigenvalue weighted by Gasteiger charge is 2.25. The first-order valence-corrected chi connectivity index (χ1v) is 6.78.